The lowest BCUT2D eigenvalue weighted by atomic mass is 10.0. The molecule has 29 heavy (non-hydrogen) atoms. The molecule has 6 nitrogen and oxygen atoms in total. The molecule has 0 amide bonds. The highest BCUT2D eigenvalue weighted by atomic mass is 16.6. The number of nitriles is 1. The molecule has 0 atom stereocenters. The van der Waals surface area contributed by atoms with Crippen LogP contribution in [0.1, 0.15) is 22.5 Å². The first-order valence-corrected chi connectivity index (χ1v) is 9.15. The average molecular weight is 386 g/mol. The van der Waals surface area contributed by atoms with Crippen molar-refractivity contribution in [1.29, 1.82) is 5.26 Å². The number of non-ortho nitro benzene ring substituents is 1. The van der Waals surface area contributed by atoms with Crippen molar-refractivity contribution in [3.05, 3.63) is 87.2 Å². The van der Waals surface area contributed by atoms with E-state index in [1.807, 2.05) is 40.1 Å². The van der Waals surface area contributed by atoms with Crippen molar-refractivity contribution in [1.82, 2.24) is 4.57 Å². The molecule has 146 valence electrons. The highest BCUT2D eigenvalue weighted by molar-refractivity contribution is 5.90. The molecule has 0 N–H and O–H groups in total. The fourth-order valence-electron chi connectivity index (χ4n) is 3.33. The number of aromatic nitrogens is 1. The van der Waals surface area contributed by atoms with Crippen LogP contribution >= 0.6 is 0 Å². The highest BCUT2D eigenvalue weighted by Gasteiger charge is 2.12. The standard InChI is InChI=1S/C23H22N4O2/c1-16-13-19(14-20(15-24)18-5-7-23(8-6-18)27(28)29)17(2)26(16)22-11-9-21(10-12-22)25(3)4/h5-14H,1-4H3/b20-14-. The summed E-state index contributed by atoms with van der Waals surface area (Å²) in [4.78, 5) is 12.4. The zero-order chi connectivity index (χ0) is 21.1. The topological polar surface area (TPSA) is 75.1 Å². The summed E-state index contributed by atoms with van der Waals surface area (Å²) in [6, 6.07) is 18.6. The maximum Gasteiger partial charge on any atom is 0.269 e. The molecule has 0 spiro atoms. The van der Waals surface area contributed by atoms with Gasteiger partial charge in [0, 0.05) is 49.0 Å². The van der Waals surface area contributed by atoms with Crippen LogP contribution in [0.2, 0.25) is 0 Å². The number of benzene rings is 2. The number of nitro benzene ring substituents is 1. The Balaban J connectivity index is 2.00. The number of aryl methyl sites for hydroxylation is 1. The second-order valence-corrected chi connectivity index (χ2v) is 7.05. The summed E-state index contributed by atoms with van der Waals surface area (Å²) in [6.07, 6.45) is 1.83. The molecule has 0 saturated carbocycles. The third-order valence-corrected chi connectivity index (χ3v) is 4.90. The Morgan fingerprint density at radius 3 is 2.24 bits per heavy atom. The van der Waals surface area contributed by atoms with Gasteiger partial charge < -0.3 is 9.47 Å². The van der Waals surface area contributed by atoms with Crippen LogP contribution in [0.5, 0.6) is 0 Å². The van der Waals surface area contributed by atoms with Gasteiger partial charge in [-0.2, -0.15) is 5.26 Å². The molecule has 0 fully saturated rings. The van der Waals surface area contributed by atoms with Gasteiger partial charge in [-0.25, -0.2) is 0 Å². The molecular formula is C23H22N4O2. The first kappa shape index (κ1) is 19.9. The van der Waals surface area contributed by atoms with Gasteiger partial charge >= 0.3 is 0 Å². The molecule has 0 bridgehead atoms. The molecule has 2 aromatic carbocycles. The molecule has 0 saturated heterocycles. The van der Waals surface area contributed by atoms with Crippen molar-refractivity contribution in [2.75, 3.05) is 19.0 Å². The van der Waals surface area contributed by atoms with Gasteiger partial charge in [-0.15, -0.1) is 0 Å². The second-order valence-electron chi connectivity index (χ2n) is 7.05. The van der Waals surface area contributed by atoms with Crippen LogP contribution < -0.4 is 4.90 Å². The average Bonchev–Trinajstić information content (AvgIpc) is 2.99. The van der Waals surface area contributed by atoms with E-state index in [4.69, 9.17) is 0 Å². The van der Waals surface area contributed by atoms with Gasteiger partial charge in [-0.3, -0.25) is 10.1 Å². The maximum absolute atomic E-state index is 10.8. The summed E-state index contributed by atoms with van der Waals surface area (Å²) in [6.45, 7) is 4.05. The number of rotatable bonds is 5. The molecule has 0 unspecified atom stereocenters. The molecule has 0 aliphatic rings. The fourth-order valence-corrected chi connectivity index (χ4v) is 3.33. The molecule has 1 heterocycles. The second kappa shape index (κ2) is 8.03. The summed E-state index contributed by atoms with van der Waals surface area (Å²) < 4.78 is 2.15. The quantitative estimate of drug-likeness (QED) is 0.346. The largest absolute Gasteiger partial charge is 0.378 e. The Kier molecular flexibility index (Phi) is 5.51. The van der Waals surface area contributed by atoms with E-state index in [1.54, 1.807) is 12.1 Å². The van der Waals surface area contributed by atoms with Gasteiger partial charge in [0.05, 0.1) is 16.6 Å². The molecule has 3 aromatic rings. The normalized spacial score (nSPS) is 11.2. The van der Waals surface area contributed by atoms with E-state index in [0.717, 1.165) is 28.3 Å². The smallest absolute Gasteiger partial charge is 0.269 e. The number of hydrogen-bond acceptors (Lipinski definition) is 4. The minimum atomic E-state index is -0.450. The minimum absolute atomic E-state index is 0.00499. The van der Waals surface area contributed by atoms with E-state index in [1.165, 1.54) is 12.1 Å². The first-order valence-electron chi connectivity index (χ1n) is 9.15. The molecular weight excluding hydrogens is 364 g/mol. The van der Waals surface area contributed by atoms with E-state index >= 15 is 0 Å². The predicted octanol–water partition coefficient (Wildman–Crippen LogP) is 5.13. The summed E-state index contributed by atoms with van der Waals surface area (Å²) in [5.74, 6) is 0. The van der Waals surface area contributed by atoms with E-state index < -0.39 is 4.92 Å². The van der Waals surface area contributed by atoms with Crippen molar-refractivity contribution >= 4 is 23.0 Å². The van der Waals surface area contributed by atoms with Crippen LogP contribution in [0.25, 0.3) is 17.3 Å². The van der Waals surface area contributed by atoms with Gasteiger partial charge in [-0.05, 0) is 73.5 Å². The lowest BCUT2D eigenvalue weighted by Gasteiger charge is -2.15. The van der Waals surface area contributed by atoms with Crippen molar-refractivity contribution in [3.8, 4) is 11.8 Å². The first-order chi connectivity index (χ1) is 13.8. The Morgan fingerprint density at radius 1 is 1.10 bits per heavy atom. The van der Waals surface area contributed by atoms with Crippen LogP contribution in [0, 0.1) is 35.3 Å². The Morgan fingerprint density at radius 2 is 1.72 bits per heavy atom. The minimum Gasteiger partial charge on any atom is -0.378 e. The predicted molar refractivity (Wildman–Crippen MR) is 116 cm³/mol. The van der Waals surface area contributed by atoms with Crippen LogP contribution in [0.4, 0.5) is 11.4 Å². The van der Waals surface area contributed by atoms with Gasteiger partial charge in [0.25, 0.3) is 5.69 Å². The Labute approximate surface area is 170 Å². The van der Waals surface area contributed by atoms with Gasteiger partial charge in [-0.1, -0.05) is 0 Å². The third kappa shape index (κ3) is 4.04. The van der Waals surface area contributed by atoms with Gasteiger partial charge in [0.15, 0.2) is 0 Å². The van der Waals surface area contributed by atoms with Crippen molar-refractivity contribution in [2.45, 2.75) is 13.8 Å². The zero-order valence-electron chi connectivity index (χ0n) is 16.9. The maximum atomic E-state index is 10.8. The van der Waals surface area contributed by atoms with Crippen molar-refractivity contribution in [2.24, 2.45) is 0 Å². The SMILES string of the molecule is Cc1cc(/C=C(/C#N)c2ccc([N+](=O)[O-])cc2)c(C)n1-c1ccc(N(C)C)cc1. The van der Waals surface area contributed by atoms with Gasteiger partial charge in [0.1, 0.15) is 0 Å². The summed E-state index contributed by atoms with van der Waals surface area (Å²) >= 11 is 0. The van der Waals surface area contributed by atoms with Crippen LogP contribution in [-0.4, -0.2) is 23.6 Å². The van der Waals surface area contributed by atoms with Crippen LogP contribution in [0.15, 0.2) is 54.6 Å². The lowest BCUT2D eigenvalue weighted by Crippen LogP contribution is -2.08. The number of nitro groups is 1. The number of nitrogens with zero attached hydrogens (tertiary/aromatic N) is 4. The Hall–Kier alpha value is -3.85. The van der Waals surface area contributed by atoms with E-state index in [-0.39, 0.29) is 5.69 Å². The summed E-state index contributed by atoms with van der Waals surface area (Å²) in [5.41, 5.74) is 6.32. The highest BCUT2D eigenvalue weighted by Crippen LogP contribution is 2.27. The summed E-state index contributed by atoms with van der Waals surface area (Å²) in [5, 5.41) is 20.5. The Bertz CT molecular complexity index is 1120. The molecule has 1 aromatic heterocycles. The van der Waals surface area contributed by atoms with Crippen molar-refractivity contribution < 1.29 is 4.92 Å². The zero-order valence-corrected chi connectivity index (χ0v) is 16.9. The van der Waals surface area contributed by atoms with Crippen LogP contribution in [0.3, 0.4) is 0 Å². The fraction of sp³-hybridized carbons (Fsp3) is 0.174. The number of allylic oxidation sites excluding steroid dienone is 1. The summed E-state index contributed by atoms with van der Waals surface area (Å²) in [7, 11) is 4.01. The van der Waals surface area contributed by atoms with Crippen molar-refractivity contribution in [3.63, 3.8) is 0 Å². The lowest BCUT2D eigenvalue weighted by molar-refractivity contribution is -0.384. The monoisotopic (exact) mass is 386 g/mol. The molecule has 0 aliphatic heterocycles. The van der Waals surface area contributed by atoms with E-state index in [2.05, 4.69) is 39.8 Å². The number of anilines is 1. The van der Waals surface area contributed by atoms with E-state index in [9.17, 15) is 15.4 Å². The molecule has 6 heteroatoms. The van der Waals surface area contributed by atoms with Gasteiger partial charge in [0.2, 0.25) is 0 Å². The van der Waals surface area contributed by atoms with Crippen LogP contribution in [-0.2, 0) is 0 Å². The third-order valence-electron chi connectivity index (χ3n) is 4.90. The molecule has 3 rings (SSSR count). The van der Waals surface area contributed by atoms with E-state index in [0.29, 0.717) is 11.1 Å². The molecule has 0 radical (unpaired) electrons. The number of hydrogen-bond donors (Lipinski definition) is 0. The molecule has 0 aliphatic carbocycles.